The van der Waals surface area contributed by atoms with Crippen LogP contribution in [-0.4, -0.2) is 59.0 Å². The summed E-state index contributed by atoms with van der Waals surface area (Å²) < 4.78 is 4.94. The van der Waals surface area contributed by atoms with Gasteiger partial charge in [-0.2, -0.15) is 4.89 Å². The van der Waals surface area contributed by atoms with Crippen molar-refractivity contribution in [3.05, 3.63) is 0 Å². The summed E-state index contributed by atoms with van der Waals surface area (Å²) in [6.45, 7) is -0.507. The molecule has 8 heteroatoms. The van der Waals surface area contributed by atoms with Crippen molar-refractivity contribution in [3.8, 4) is 0 Å². The predicted molar refractivity (Wildman–Crippen MR) is 44.0 cm³/mol. The number of carbonyl (C=O) groups is 1. The van der Waals surface area contributed by atoms with Gasteiger partial charge in [0.1, 0.15) is 18.3 Å². The Bertz CT molecular complexity index is 212. The first-order valence-electron chi connectivity index (χ1n) is 4.25. The summed E-state index contributed by atoms with van der Waals surface area (Å²) in [5, 5.41) is 27.6. The second-order valence-electron chi connectivity index (χ2n) is 3.07. The summed E-state index contributed by atoms with van der Waals surface area (Å²) >= 11 is 0. The molecule has 1 heterocycles. The zero-order valence-corrected chi connectivity index (χ0v) is 7.72. The van der Waals surface area contributed by atoms with Gasteiger partial charge in [0.05, 0.1) is 12.6 Å². The Kier molecular flexibility index (Phi) is 4.39. The van der Waals surface area contributed by atoms with Gasteiger partial charge >= 0.3 is 6.47 Å². The Balaban J connectivity index is 2.60. The van der Waals surface area contributed by atoms with Crippen LogP contribution in [-0.2, 0) is 19.3 Å². The zero-order chi connectivity index (χ0) is 11.4. The van der Waals surface area contributed by atoms with E-state index in [1.165, 1.54) is 0 Å². The zero-order valence-electron chi connectivity index (χ0n) is 7.72. The molecule has 88 valence electrons. The molecule has 15 heavy (non-hydrogen) atoms. The second-order valence-corrected chi connectivity index (χ2v) is 3.07. The van der Waals surface area contributed by atoms with Gasteiger partial charge in [-0.15, -0.1) is 0 Å². The van der Waals surface area contributed by atoms with Gasteiger partial charge in [0.15, 0.2) is 0 Å². The number of aliphatic hydroxyl groups is 3. The number of nitrogens with two attached hydrogens (primary N) is 1. The summed E-state index contributed by atoms with van der Waals surface area (Å²) in [4.78, 5) is 18.2. The van der Waals surface area contributed by atoms with E-state index >= 15 is 0 Å². The van der Waals surface area contributed by atoms with Gasteiger partial charge in [-0.25, -0.2) is 0 Å². The van der Waals surface area contributed by atoms with Gasteiger partial charge in [-0.1, -0.05) is 0 Å². The third kappa shape index (κ3) is 2.62. The van der Waals surface area contributed by atoms with E-state index in [4.69, 9.17) is 15.6 Å². The highest BCUT2D eigenvalue weighted by Gasteiger charge is 2.43. The second kappa shape index (κ2) is 5.35. The van der Waals surface area contributed by atoms with Gasteiger partial charge in [0, 0.05) is 0 Å². The third-order valence-electron chi connectivity index (χ3n) is 2.12. The Labute approximate surface area is 85.1 Å². The Morgan fingerprint density at radius 3 is 2.60 bits per heavy atom. The number of hydrogen-bond acceptors (Lipinski definition) is 8. The van der Waals surface area contributed by atoms with Crippen LogP contribution in [0.3, 0.4) is 0 Å². The van der Waals surface area contributed by atoms with Crippen molar-refractivity contribution in [3.63, 3.8) is 0 Å². The highest BCUT2D eigenvalue weighted by Crippen LogP contribution is 2.20. The van der Waals surface area contributed by atoms with E-state index in [0.717, 1.165) is 0 Å². The van der Waals surface area contributed by atoms with Gasteiger partial charge < -0.3 is 25.8 Å². The Hall–Kier alpha value is -0.770. The Morgan fingerprint density at radius 2 is 2.07 bits per heavy atom. The van der Waals surface area contributed by atoms with Crippen LogP contribution in [0.2, 0.25) is 0 Å². The Morgan fingerprint density at radius 1 is 1.40 bits per heavy atom. The lowest BCUT2D eigenvalue weighted by molar-refractivity contribution is -0.381. The molecule has 1 aliphatic rings. The molecule has 1 aliphatic heterocycles. The molecule has 1 saturated heterocycles. The molecule has 0 amide bonds. The lowest BCUT2D eigenvalue weighted by Crippen LogP contribution is -2.62. The molecular weight excluding hydrogens is 210 g/mol. The lowest BCUT2D eigenvalue weighted by atomic mass is 9.98. The molecule has 5 N–H and O–H groups in total. The fourth-order valence-corrected chi connectivity index (χ4v) is 1.27. The molecular formula is C7H13NO7. The van der Waals surface area contributed by atoms with Crippen molar-refractivity contribution in [2.24, 2.45) is 5.73 Å². The molecule has 1 unspecified atom stereocenters. The number of carbonyl (C=O) groups excluding carboxylic acids is 1. The number of rotatable bonds is 4. The lowest BCUT2D eigenvalue weighted by Gasteiger charge is -2.38. The molecule has 0 aromatic carbocycles. The van der Waals surface area contributed by atoms with Gasteiger partial charge in [-0.3, -0.25) is 9.68 Å². The maximum Gasteiger partial charge on any atom is 0.330 e. The summed E-state index contributed by atoms with van der Waals surface area (Å²) in [7, 11) is 0. The normalized spacial score (nSPS) is 41.2. The van der Waals surface area contributed by atoms with Crippen molar-refractivity contribution < 1.29 is 34.6 Å². The van der Waals surface area contributed by atoms with Crippen molar-refractivity contribution in [2.45, 2.75) is 30.6 Å². The smallest absolute Gasteiger partial charge is 0.330 e. The standard InChI is InChI=1S/C7H13NO7/c8-4-6(12)5(11)3(1-9)14-7(4)15-13-2-10/h2-7,9,11-12H,1,8H2/t3-,4-,5+,6-,7?/m0/s1. The van der Waals surface area contributed by atoms with Crippen LogP contribution in [0.15, 0.2) is 0 Å². The summed E-state index contributed by atoms with van der Waals surface area (Å²) in [5.41, 5.74) is 5.43. The van der Waals surface area contributed by atoms with E-state index in [-0.39, 0.29) is 6.47 Å². The molecule has 0 spiro atoms. The van der Waals surface area contributed by atoms with Gasteiger partial charge in [-0.05, 0) is 0 Å². The van der Waals surface area contributed by atoms with E-state index < -0.39 is 37.3 Å². The molecule has 0 aromatic rings. The van der Waals surface area contributed by atoms with Crippen LogP contribution in [0.1, 0.15) is 0 Å². The predicted octanol–water partition coefficient (Wildman–Crippen LogP) is -3.14. The van der Waals surface area contributed by atoms with E-state index in [1.54, 1.807) is 0 Å². The topological polar surface area (TPSA) is 131 Å². The van der Waals surface area contributed by atoms with Crippen LogP contribution >= 0.6 is 0 Å². The monoisotopic (exact) mass is 223 g/mol. The minimum absolute atomic E-state index is 0.0153. The van der Waals surface area contributed by atoms with Crippen LogP contribution in [0.4, 0.5) is 0 Å². The number of aliphatic hydroxyl groups excluding tert-OH is 3. The summed E-state index contributed by atoms with van der Waals surface area (Å²) in [6, 6.07) is -1.08. The van der Waals surface area contributed by atoms with Crippen LogP contribution in [0.25, 0.3) is 0 Å². The summed E-state index contributed by atoms with van der Waals surface area (Å²) in [5.74, 6) is 0. The molecule has 0 radical (unpaired) electrons. The maximum atomic E-state index is 9.85. The maximum absolute atomic E-state index is 9.85. The van der Waals surface area contributed by atoms with Crippen molar-refractivity contribution in [2.75, 3.05) is 6.61 Å². The SMILES string of the molecule is N[C@@H]1C(OOC=O)O[C@@H](CO)[C@@H](O)[C@H]1O. The first kappa shape index (κ1) is 12.3. The van der Waals surface area contributed by atoms with Crippen molar-refractivity contribution in [1.82, 2.24) is 0 Å². The molecule has 0 aliphatic carbocycles. The average Bonchev–Trinajstić information content (AvgIpc) is 2.25. The van der Waals surface area contributed by atoms with Gasteiger partial charge in [0.25, 0.3) is 0 Å². The van der Waals surface area contributed by atoms with E-state index in [2.05, 4.69) is 9.78 Å². The molecule has 1 rings (SSSR count). The van der Waals surface area contributed by atoms with Crippen LogP contribution in [0.5, 0.6) is 0 Å². The van der Waals surface area contributed by atoms with E-state index in [9.17, 15) is 15.0 Å². The first-order chi connectivity index (χ1) is 7.11. The van der Waals surface area contributed by atoms with Crippen LogP contribution < -0.4 is 5.73 Å². The highest BCUT2D eigenvalue weighted by atomic mass is 17.2. The highest BCUT2D eigenvalue weighted by molar-refractivity contribution is 5.35. The minimum Gasteiger partial charge on any atom is -0.394 e. The minimum atomic E-state index is -1.34. The van der Waals surface area contributed by atoms with Gasteiger partial charge in [0.2, 0.25) is 6.29 Å². The fraction of sp³-hybridized carbons (Fsp3) is 0.857. The molecule has 0 saturated carbocycles. The van der Waals surface area contributed by atoms with Crippen molar-refractivity contribution in [1.29, 1.82) is 0 Å². The first-order valence-corrected chi connectivity index (χ1v) is 4.25. The molecule has 8 nitrogen and oxygen atoms in total. The van der Waals surface area contributed by atoms with Crippen LogP contribution in [0, 0.1) is 0 Å². The summed E-state index contributed by atoms with van der Waals surface area (Å²) in [6.07, 6.45) is -4.93. The number of ether oxygens (including phenoxy) is 1. The van der Waals surface area contributed by atoms with Crippen molar-refractivity contribution >= 4 is 6.47 Å². The quantitative estimate of drug-likeness (QED) is 0.223. The largest absolute Gasteiger partial charge is 0.394 e. The average molecular weight is 223 g/mol. The fourth-order valence-electron chi connectivity index (χ4n) is 1.27. The number of hydrogen-bond donors (Lipinski definition) is 4. The molecule has 0 bridgehead atoms. The molecule has 5 atom stereocenters. The van der Waals surface area contributed by atoms with E-state index in [1.807, 2.05) is 0 Å². The van der Waals surface area contributed by atoms with E-state index in [0.29, 0.717) is 0 Å². The third-order valence-corrected chi connectivity index (χ3v) is 2.12. The molecule has 0 aromatic heterocycles. The molecule has 1 fully saturated rings.